The maximum Gasteiger partial charge on any atom is 0.235 e. The van der Waals surface area contributed by atoms with Crippen molar-refractivity contribution in [1.29, 1.82) is 0 Å². The molecule has 1 unspecified atom stereocenters. The standard InChI is InChI=1S/C15H18NOP/c1-3-14(16-15(17)18)13-9-5-7-11-10(2)6-4-8-12(11)13/h4-9,14H,3,18H2,1-2H3,(H,16,17)/t14-/m0/s1. The minimum atomic E-state index is -0.0634. The Labute approximate surface area is 110 Å². The lowest BCUT2D eigenvalue weighted by Crippen LogP contribution is -2.22. The minimum Gasteiger partial charge on any atom is -0.346 e. The van der Waals surface area contributed by atoms with Crippen molar-refractivity contribution in [2.75, 3.05) is 0 Å². The summed E-state index contributed by atoms with van der Waals surface area (Å²) in [5, 5.41) is 5.46. The van der Waals surface area contributed by atoms with Crippen LogP contribution in [0, 0.1) is 6.92 Å². The second kappa shape index (κ2) is 5.49. The fourth-order valence-electron chi connectivity index (χ4n) is 2.37. The van der Waals surface area contributed by atoms with Crippen LogP contribution < -0.4 is 5.32 Å². The lowest BCUT2D eigenvalue weighted by molar-refractivity contribution is 0.257. The second-order valence-corrected chi connectivity index (χ2v) is 5.01. The first-order valence-corrected chi connectivity index (χ1v) is 6.75. The number of hydrogen-bond acceptors (Lipinski definition) is 1. The molecule has 2 aromatic carbocycles. The van der Waals surface area contributed by atoms with Gasteiger partial charge in [-0.3, -0.25) is 4.79 Å². The summed E-state index contributed by atoms with van der Waals surface area (Å²) in [6, 6.07) is 12.6. The van der Waals surface area contributed by atoms with Crippen molar-refractivity contribution in [3.63, 3.8) is 0 Å². The number of rotatable bonds is 3. The molecule has 0 saturated carbocycles. The third-order valence-corrected chi connectivity index (χ3v) is 3.44. The first-order chi connectivity index (χ1) is 8.63. The van der Waals surface area contributed by atoms with Crippen molar-refractivity contribution in [1.82, 2.24) is 5.32 Å². The molecule has 2 atom stereocenters. The second-order valence-electron chi connectivity index (χ2n) is 4.49. The van der Waals surface area contributed by atoms with E-state index in [1.165, 1.54) is 21.9 Å². The maximum atomic E-state index is 11.2. The van der Waals surface area contributed by atoms with Crippen LogP contribution in [-0.2, 0) is 0 Å². The van der Waals surface area contributed by atoms with Crippen LogP contribution in [0.4, 0.5) is 4.79 Å². The molecule has 0 radical (unpaired) electrons. The van der Waals surface area contributed by atoms with Gasteiger partial charge in [-0.2, -0.15) is 0 Å². The third kappa shape index (κ3) is 2.54. The van der Waals surface area contributed by atoms with Gasteiger partial charge >= 0.3 is 0 Å². The summed E-state index contributed by atoms with van der Waals surface area (Å²) in [6.07, 6.45) is 0.882. The predicted molar refractivity (Wildman–Crippen MR) is 80.0 cm³/mol. The first kappa shape index (κ1) is 13.0. The van der Waals surface area contributed by atoms with Crippen LogP contribution >= 0.6 is 9.24 Å². The van der Waals surface area contributed by atoms with Crippen LogP contribution in [0.25, 0.3) is 10.8 Å². The van der Waals surface area contributed by atoms with E-state index >= 15 is 0 Å². The molecule has 2 nitrogen and oxygen atoms in total. The predicted octanol–water partition coefficient (Wildman–Crippen LogP) is 4.18. The molecule has 0 aliphatic heterocycles. The average Bonchev–Trinajstić information content (AvgIpc) is 2.36. The molecule has 1 amide bonds. The van der Waals surface area contributed by atoms with Crippen molar-refractivity contribution < 1.29 is 4.79 Å². The highest BCUT2D eigenvalue weighted by molar-refractivity contribution is 7.39. The lowest BCUT2D eigenvalue weighted by Gasteiger charge is -2.19. The minimum absolute atomic E-state index is 0.0634. The zero-order chi connectivity index (χ0) is 13.1. The SMILES string of the molecule is CC[C@H](NC(=O)P)c1cccc2c(C)cccc12. The van der Waals surface area contributed by atoms with Gasteiger partial charge in [0.15, 0.2) is 0 Å². The van der Waals surface area contributed by atoms with Gasteiger partial charge in [-0.05, 0) is 44.5 Å². The van der Waals surface area contributed by atoms with Gasteiger partial charge in [0, 0.05) is 0 Å². The molecular weight excluding hydrogens is 241 g/mol. The van der Waals surface area contributed by atoms with Gasteiger partial charge in [0.05, 0.1) is 6.04 Å². The van der Waals surface area contributed by atoms with Gasteiger partial charge in [-0.25, -0.2) is 0 Å². The van der Waals surface area contributed by atoms with E-state index < -0.39 is 0 Å². The molecule has 2 aromatic rings. The van der Waals surface area contributed by atoms with Gasteiger partial charge in [-0.15, -0.1) is 0 Å². The Balaban J connectivity index is 2.56. The Morgan fingerprint density at radius 3 is 2.56 bits per heavy atom. The fraction of sp³-hybridized carbons (Fsp3) is 0.267. The number of amides is 1. The summed E-state index contributed by atoms with van der Waals surface area (Å²) in [6.45, 7) is 4.20. The summed E-state index contributed by atoms with van der Waals surface area (Å²) >= 11 is 0. The molecule has 1 N–H and O–H groups in total. The summed E-state index contributed by atoms with van der Waals surface area (Å²) in [5.41, 5.74) is 2.39. The molecule has 0 aliphatic rings. The highest BCUT2D eigenvalue weighted by atomic mass is 31.0. The highest BCUT2D eigenvalue weighted by Crippen LogP contribution is 2.28. The quantitative estimate of drug-likeness (QED) is 0.823. The van der Waals surface area contributed by atoms with Crippen molar-refractivity contribution in [2.24, 2.45) is 0 Å². The van der Waals surface area contributed by atoms with Crippen LogP contribution in [0.15, 0.2) is 36.4 Å². The summed E-state index contributed by atoms with van der Waals surface area (Å²) < 4.78 is 0. The van der Waals surface area contributed by atoms with Crippen molar-refractivity contribution in [3.8, 4) is 0 Å². The van der Waals surface area contributed by atoms with E-state index in [0.29, 0.717) is 0 Å². The van der Waals surface area contributed by atoms with Crippen molar-refractivity contribution in [2.45, 2.75) is 26.3 Å². The van der Waals surface area contributed by atoms with Crippen LogP contribution in [-0.4, -0.2) is 5.65 Å². The van der Waals surface area contributed by atoms with Crippen molar-refractivity contribution in [3.05, 3.63) is 47.5 Å². The van der Waals surface area contributed by atoms with Crippen LogP contribution in [0.5, 0.6) is 0 Å². The third-order valence-electron chi connectivity index (χ3n) is 3.27. The zero-order valence-electron chi connectivity index (χ0n) is 10.7. The Bertz CT molecular complexity index is 580. The van der Waals surface area contributed by atoms with Gasteiger partial charge in [-0.1, -0.05) is 43.3 Å². The van der Waals surface area contributed by atoms with Gasteiger partial charge in [0.2, 0.25) is 5.65 Å². The van der Waals surface area contributed by atoms with Crippen LogP contribution in [0.3, 0.4) is 0 Å². The molecule has 18 heavy (non-hydrogen) atoms. The lowest BCUT2D eigenvalue weighted by atomic mass is 9.95. The molecular formula is C15H18NOP. The number of benzene rings is 2. The van der Waals surface area contributed by atoms with E-state index in [1.807, 2.05) is 0 Å². The van der Waals surface area contributed by atoms with E-state index in [2.05, 4.69) is 64.8 Å². The molecule has 2 rings (SSSR count). The van der Waals surface area contributed by atoms with Gasteiger partial charge < -0.3 is 5.32 Å². The zero-order valence-corrected chi connectivity index (χ0v) is 11.9. The number of fused-ring (bicyclic) bond motifs is 1. The van der Waals surface area contributed by atoms with Gasteiger partial charge in [0.25, 0.3) is 0 Å². The monoisotopic (exact) mass is 259 g/mol. The number of aryl methyl sites for hydroxylation is 1. The Kier molecular flexibility index (Phi) is 3.98. The maximum absolute atomic E-state index is 11.2. The highest BCUT2D eigenvalue weighted by Gasteiger charge is 2.13. The summed E-state index contributed by atoms with van der Waals surface area (Å²) in [4.78, 5) is 11.2. The molecule has 0 aliphatic carbocycles. The van der Waals surface area contributed by atoms with Crippen molar-refractivity contribution >= 4 is 25.7 Å². The van der Waals surface area contributed by atoms with Crippen LogP contribution in [0.2, 0.25) is 0 Å². The molecule has 0 spiro atoms. The molecule has 0 heterocycles. The Morgan fingerprint density at radius 2 is 1.89 bits per heavy atom. The molecule has 0 aromatic heterocycles. The van der Waals surface area contributed by atoms with E-state index in [4.69, 9.17) is 0 Å². The largest absolute Gasteiger partial charge is 0.346 e. The summed E-state index contributed by atoms with van der Waals surface area (Å²) in [7, 11) is 2.18. The summed E-state index contributed by atoms with van der Waals surface area (Å²) in [5.74, 6) is 0. The first-order valence-electron chi connectivity index (χ1n) is 6.17. The van der Waals surface area contributed by atoms with E-state index in [0.717, 1.165) is 6.42 Å². The molecule has 3 heteroatoms. The Hall–Kier alpha value is -1.40. The van der Waals surface area contributed by atoms with Gasteiger partial charge in [0.1, 0.15) is 0 Å². The molecule has 0 fully saturated rings. The molecule has 0 bridgehead atoms. The van der Waals surface area contributed by atoms with E-state index in [1.54, 1.807) is 0 Å². The normalized spacial score (nSPS) is 12.4. The topological polar surface area (TPSA) is 29.1 Å². The number of carbonyl (C=O) groups is 1. The Morgan fingerprint density at radius 1 is 1.22 bits per heavy atom. The number of carbonyl (C=O) groups excluding carboxylic acids is 1. The van der Waals surface area contributed by atoms with E-state index in [-0.39, 0.29) is 11.7 Å². The average molecular weight is 259 g/mol. The number of hydrogen-bond donors (Lipinski definition) is 1. The molecule has 94 valence electrons. The van der Waals surface area contributed by atoms with E-state index in [9.17, 15) is 4.79 Å². The van der Waals surface area contributed by atoms with Crippen LogP contribution in [0.1, 0.15) is 30.5 Å². The molecule has 0 saturated heterocycles. The fourth-order valence-corrected chi connectivity index (χ4v) is 2.57. The smallest absolute Gasteiger partial charge is 0.235 e. The number of nitrogens with one attached hydrogen (secondary N) is 1.